The summed E-state index contributed by atoms with van der Waals surface area (Å²) >= 11 is 7.60. The maximum absolute atomic E-state index is 12.8. The lowest BCUT2D eigenvalue weighted by molar-refractivity contribution is 0.344. The first-order chi connectivity index (χ1) is 12.1. The highest BCUT2D eigenvalue weighted by Gasteiger charge is 2.13. The summed E-state index contributed by atoms with van der Waals surface area (Å²) in [6.45, 7) is 4.46. The van der Waals surface area contributed by atoms with Crippen LogP contribution in [0, 0.1) is 0 Å². The number of thioether (sulfide) groups is 1. The molecule has 4 nitrogen and oxygen atoms in total. The second kappa shape index (κ2) is 7.93. The van der Waals surface area contributed by atoms with Crippen molar-refractivity contribution in [3.8, 4) is 5.75 Å². The van der Waals surface area contributed by atoms with Gasteiger partial charge in [-0.2, -0.15) is 0 Å². The average Bonchev–Trinajstić information content (AvgIpc) is 2.60. The van der Waals surface area contributed by atoms with Crippen molar-refractivity contribution < 1.29 is 4.74 Å². The second-order valence-electron chi connectivity index (χ2n) is 5.81. The van der Waals surface area contributed by atoms with Gasteiger partial charge >= 0.3 is 0 Å². The highest BCUT2D eigenvalue weighted by molar-refractivity contribution is 7.99. The van der Waals surface area contributed by atoms with Crippen LogP contribution >= 0.6 is 23.4 Å². The summed E-state index contributed by atoms with van der Waals surface area (Å²) in [7, 11) is 0. The minimum absolute atomic E-state index is 0.00452. The van der Waals surface area contributed by atoms with Crippen molar-refractivity contribution in [1.29, 1.82) is 0 Å². The van der Waals surface area contributed by atoms with E-state index in [4.69, 9.17) is 16.3 Å². The Kier molecular flexibility index (Phi) is 5.66. The summed E-state index contributed by atoms with van der Waals surface area (Å²) in [4.78, 5) is 17.4. The fourth-order valence-electron chi connectivity index (χ4n) is 2.53. The quantitative estimate of drug-likeness (QED) is 0.353. The lowest BCUT2D eigenvalue weighted by Crippen LogP contribution is -2.25. The molecule has 0 aliphatic rings. The molecule has 0 unspecified atom stereocenters. The number of ether oxygens (including phenoxy) is 1. The Bertz CT molecular complexity index is 940. The third kappa shape index (κ3) is 3.99. The molecule has 0 aliphatic carbocycles. The van der Waals surface area contributed by atoms with Crippen LogP contribution in [0.25, 0.3) is 10.9 Å². The van der Waals surface area contributed by atoms with Crippen molar-refractivity contribution >= 4 is 34.3 Å². The van der Waals surface area contributed by atoms with E-state index in [-0.39, 0.29) is 11.6 Å². The lowest BCUT2D eigenvalue weighted by atomic mass is 10.2. The van der Waals surface area contributed by atoms with Gasteiger partial charge in [-0.25, -0.2) is 4.98 Å². The molecule has 6 heteroatoms. The highest BCUT2D eigenvalue weighted by atomic mass is 35.5. The van der Waals surface area contributed by atoms with E-state index in [0.29, 0.717) is 33.7 Å². The average molecular weight is 375 g/mol. The number of hydrogen-bond donors (Lipinski definition) is 0. The van der Waals surface area contributed by atoms with Gasteiger partial charge in [-0.15, -0.1) is 0 Å². The van der Waals surface area contributed by atoms with Crippen LogP contribution in [0.1, 0.15) is 19.9 Å². The van der Waals surface area contributed by atoms with Crippen molar-refractivity contribution in [3.63, 3.8) is 0 Å². The molecule has 0 spiro atoms. The van der Waals surface area contributed by atoms with E-state index in [2.05, 4.69) is 4.98 Å². The molecule has 0 N–H and O–H groups in total. The van der Waals surface area contributed by atoms with E-state index < -0.39 is 0 Å². The van der Waals surface area contributed by atoms with Crippen LogP contribution < -0.4 is 10.3 Å². The van der Waals surface area contributed by atoms with Gasteiger partial charge in [0.1, 0.15) is 5.75 Å². The Morgan fingerprint density at radius 2 is 1.88 bits per heavy atom. The summed E-state index contributed by atoms with van der Waals surface area (Å²) in [5, 5.41) is 1.95. The van der Waals surface area contributed by atoms with E-state index in [1.165, 1.54) is 11.8 Å². The molecular weight excluding hydrogens is 356 g/mol. The Labute approximate surface area is 155 Å². The van der Waals surface area contributed by atoms with Crippen LogP contribution in [0.5, 0.6) is 5.75 Å². The van der Waals surface area contributed by atoms with Crippen LogP contribution in [0.3, 0.4) is 0 Å². The standard InChI is InChI=1S/C19H19ClN2O2S/c1-13(2)22-18(23)14-7-3-5-9-16(14)21-19(22)25-12-11-24-17-10-6-4-8-15(17)20/h3-10,13H,11-12H2,1-2H3. The summed E-state index contributed by atoms with van der Waals surface area (Å²) in [6, 6.07) is 14.9. The Morgan fingerprint density at radius 3 is 2.64 bits per heavy atom. The van der Waals surface area contributed by atoms with Crippen molar-refractivity contribution in [2.45, 2.75) is 25.0 Å². The molecule has 130 valence electrons. The largest absolute Gasteiger partial charge is 0.491 e. The van der Waals surface area contributed by atoms with Crippen molar-refractivity contribution in [2.24, 2.45) is 0 Å². The summed E-state index contributed by atoms with van der Waals surface area (Å²) in [5.74, 6) is 1.33. The summed E-state index contributed by atoms with van der Waals surface area (Å²) in [5.41, 5.74) is 0.717. The van der Waals surface area contributed by atoms with E-state index in [1.54, 1.807) is 10.6 Å². The van der Waals surface area contributed by atoms with Gasteiger partial charge in [-0.1, -0.05) is 47.6 Å². The Balaban J connectivity index is 1.78. The number of halogens is 1. The first kappa shape index (κ1) is 17.8. The molecule has 3 aromatic rings. The van der Waals surface area contributed by atoms with Gasteiger partial charge in [0, 0.05) is 11.8 Å². The zero-order valence-corrected chi connectivity index (χ0v) is 15.7. The molecule has 0 fully saturated rings. The number of fused-ring (bicyclic) bond motifs is 1. The van der Waals surface area contributed by atoms with E-state index in [1.807, 2.05) is 56.3 Å². The smallest absolute Gasteiger partial charge is 0.262 e. The predicted octanol–water partition coefficient (Wildman–Crippen LogP) is 4.80. The third-order valence-electron chi connectivity index (χ3n) is 3.70. The minimum Gasteiger partial charge on any atom is -0.491 e. The van der Waals surface area contributed by atoms with Gasteiger partial charge in [0.15, 0.2) is 5.16 Å². The molecular formula is C19H19ClN2O2S. The SMILES string of the molecule is CC(C)n1c(SCCOc2ccccc2Cl)nc2ccccc2c1=O. The van der Waals surface area contributed by atoms with Crippen LogP contribution in [0.15, 0.2) is 58.5 Å². The highest BCUT2D eigenvalue weighted by Crippen LogP contribution is 2.24. The van der Waals surface area contributed by atoms with Crippen LogP contribution in [0.2, 0.25) is 5.02 Å². The summed E-state index contributed by atoms with van der Waals surface area (Å²) < 4.78 is 7.45. The fraction of sp³-hybridized carbons (Fsp3) is 0.263. The molecule has 0 amide bonds. The zero-order chi connectivity index (χ0) is 17.8. The van der Waals surface area contributed by atoms with Crippen LogP contribution in [-0.4, -0.2) is 21.9 Å². The molecule has 3 rings (SSSR count). The van der Waals surface area contributed by atoms with Gasteiger partial charge in [-0.05, 0) is 38.1 Å². The number of para-hydroxylation sites is 2. The zero-order valence-electron chi connectivity index (χ0n) is 14.1. The maximum Gasteiger partial charge on any atom is 0.262 e. The first-order valence-corrected chi connectivity index (χ1v) is 9.45. The maximum atomic E-state index is 12.8. The Hall–Kier alpha value is -1.98. The minimum atomic E-state index is -0.00452. The predicted molar refractivity (Wildman–Crippen MR) is 104 cm³/mol. The number of benzene rings is 2. The van der Waals surface area contributed by atoms with Gasteiger partial charge in [0.05, 0.1) is 22.5 Å². The molecule has 0 radical (unpaired) electrons. The molecule has 2 aromatic carbocycles. The van der Waals surface area contributed by atoms with E-state index in [0.717, 1.165) is 5.52 Å². The monoisotopic (exact) mass is 374 g/mol. The fourth-order valence-corrected chi connectivity index (χ4v) is 3.66. The van der Waals surface area contributed by atoms with Gasteiger partial charge in [0.2, 0.25) is 0 Å². The van der Waals surface area contributed by atoms with Gasteiger partial charge in [0.25, 0.3) is 5.56 Å². The van der Waals surface area contributed by atoms with Crippen LogP contribution in [-0.2, 0) is 0 Å². The van der Waals surface area contributed by atoms with E-state index >= 15 is 0 Å². The number of nitrogens with zero attached hydrogens (tertiary/aromatic N) is 2. The van der Waals surface area contributed by atoms with E-state index in [9.17, 15) is 4.79 Å². The molecule has 1 aromatic heterocycles. The molecule has 0 bridgehead atoms. The number of hydrogen-bond acceptors (Lipinski definition) is 4. The first-order valence-electron chi connectivity index (χ1n) is 8.09. The lowest BCUT2D eigenvalue weighted by Gasteiger charge is -2.16. The molecule has 0 atom stereocenters. The molecule has 0 aliphatic heterocycles. The summed E-state index contributed by atoms with van der Waals surface area (Å²) in [6.07, 6.45) is 0. The molecule has 0 saturated carbocycles. The Morgan fingerprint density at radius 1 is 1.16 bits per heavy atom. The topological polar surface area (TPSA) is 44.1 Å². The van der Waals surface area contributed by atoms with Gasteiger partial charge < -0.3 is 4.74 Å². The number of aromatic nitrogens is 2. The molecule has 0 saturated heterocycles. The van der Waals surface area contributed by atoms with Crippen molar-refractivity contribution in [2.75, 3.05) is 12.4 Å². The molecule has 25 heavy (non-hydrogen) atoms. The second-order valence-corrected chi connectivity index (χ2v) is 7.28. The molecule has 1 heterocycles. The third-order valence-corrected chi connectivity index (χ3v) is 4.93. The van der Waals surface area contributed by atoms with Crippen molar-refractivity contribution in [1.82, 2.24) is 9.55 Å². The normalized spacial score (nSPS) is 11.2. The van der Waals surface area contributed by atoms with Crippen LogP contribution in [0.4, 0.5) is 0 Å². The number of rotatable bonds is 6. The van der Waals surface area contributed by atoms with Gasteiger partial charge in [-0.3, -0.25) is 9.36 Å². The van der Waals surface area contributed by atoms with Crippen molar-refractivity contribution in [3.05, 3.63) is 63.9 Å².